The van der Waals surface area contributed by atoms with Crippen molar-refractivity contribution < 1.29 is 17.9 Å². The van der Waals surface area contributed by atoms with E-state index in [1.165, 1.54) is 12.1 Å². The lowest BCUT2D eigenvalue weighted by molar-refractivity contribution is -0.138. The Morgan fingerprint density at radius 2 is 1.64 bits per heavy atom. The maximum absolute atomic E-state index is 13.2. The van der Waals surface area contributed by atoms with Crippen molar-refractivity contribution in [2.45, 2.75) is 18.9 Å². The molecule has 1 aromatic rings. The minimum Gasteiger partial charge on any atom is -0.482 e. The van der Waals surface area contributed by atoms with Crippen molar-refractivity contribution in [2.75, 3.05) is 82.8 Å². The fraction of sp³-hybridized carbons (Fsp3) is 0.696. The predicted octanol–water partition coefficient (Wildman–Crippen LogP) is 3.01. The van der Waals surface area contributed by atoms with E-state index in [2.05, 4.69) is 9.80 Å². The van der Waals surface area contributed by atoms with Crippen molar-refractivity contribution in [2.24, 2.45) is 0 Å². The zero-order valence-corrected chi connectivity index (χ0v) is 24.1. The minimum atomic E-state index is -3.42. The standard InChI is InChI=1S/C23H33Cl3N4O4S2/c24-19-13-21(26)22(14-20(19)25)34-17-23(31)30-6-5-29(16-18(30)15-28-3-1-2-4-28)36(32,33)12-9-27-7-10-35-11-8-27/h13-14,18H,1-12,15-17H2/t18-/m0/s1. The summed E-state index contributed by atoms with van der Waals surface area (Å²) in [6.07, 6.45) is 2.24. The number of ether oxygens (including phenoxy) is 1. The number of hydrogen-bond acceptors (Lipinski definition) is 7. The van der Waals surface area contributed by atoms with Crippen LogP contribution >= 0.6 is 46.6 Å². The Labute approximate surface area is 233 Å². The van der Waals surface area contributed by atoms with E-state index in [4.69, 9.17) is 39.5 Å². The number of hydrogen-bond donors (Lipinski definition) is 0. The van der Waals surface area contributed by atoms with Crippen LogP contribution in [-0.2, 0) is 14.8 Å². The summed E-state index contributed by atoms with van der Waals surface area (Å²) in [4.78, 5) is 19.5. The number of benzene rings is 1. The van der Waals surface area contributed by atoms with E-state index in [9.17, 15) is 13.2 Å². The number of nitrogens with zero attached hydrogens (tertiary/aromatic N) is 4. The molecule has 0 N–H and O–H groups in total. The van der Waals surface area contributed by atoms with Crippen molar-refractivity contribution in [3.8, 4) is 5.75 Å². The lowest BCUT2D eigenvalue weighted by Gasteiger charge is -2.42. The molecule has 0 saturated carbocycles. The van der Waals surface area contributed by atoms with Gasteiger partial charge in [-0.2, -0.15) is 16.1 Å². The molecule has 0 radical (unpaired) electrons. The third-order valence-electron chi connectivity index (χ3n) is 6.92. The van der Waals surface area contributed by atoms with Crippen LogP contribution in [0.25, 0.3) is 0 Å². The van der Waals surface area contributed by atoms with E-state index >= 15 is 0 Å². The van der Waals surface area contributed by atoms with Gasteiger partial charge < -0.3 is 19.4 Å². The molecule has 0 spiro atoms. The number of amides is 1. The first-order valence-electron chi connectivity index (χ1n) is 12.3. The zero-order chi connectivity index (χ0) is 25.7. The van der Waals surface area contributed by atoms with E-state index in [0.29, 0.717) is 31.2 Å². The van der Waals surface area contributed by atoms with Crippen LogP contribution < -0.4 is 4.74 Å². The molecular formula is C23H33Cl3N4O4S2. The second-order valence-corrected chi connectivity index (χ2v) is 13.9. The number of piperazine rings is 1. The van der Waals surface area contributed by atoms with Gasteiger partial charge >= 0.3 is 0 Å². The summed E-state index contributed by atoms with van der Waals surface area (Å²) in [5.41, 5.74) is 0. The number of carbonyl (C=O) groups excluding carboxylic acids is 1. The fourth-order valence-corrected chi connectivity index (χ4v) is 7.94. The summed E-state index contributed by atoms with van der Waals surface area (Å²) in [5.74, 6) is 2.29. The number of likely N-dealkylation sites (tertiary alicyclic amines) is 1. The lowest BCUT2D eigenvalue weighted by atomic mass is 10.1. The van der Waals surface area contributed by atoms with Crippen LogP contribution in [0.1, 0.15) is 12.8 Å². The second kappa shape index (κ2) is 13.1. The van der Waals surface area contributed by atoms with E-state index in [-0.39, 0.29) is 46.6 Å². The summed E-state index contributed by atoms with van der Waals surface area (Å²) in [5, 5.41) is 0.870. The van der Waals surface area contributed by atoms with Crippen LogP contribution in [0.5, 0.6) is 5.75 Å². The van der Waals surface area contributed by atoms with Crippen LogP contribution in [0.3, 0.4) is 0 Å². The van der Waals surface area contributed by atoms with Crippen molar-refractivity contribution in [1.82, 2.24) is 19.0 Å². The molecule has 3 heterocycles. The van der Waals surface area contributed by atoms with Crippen LogP contribution in [0.4, 0.5) is 0 Å². The van der Waals surface area contributed by atoms with Crippen molar-refractivity contribution >= 4 is 62.5 Å². The Bertz CT molecular complexity index is 1020. The molecule has 1 aromatic carbocycles. The normalized spacial score (nSPS) is 22.8. The first-order valence-corrected chi connectivity index (χ1v) is 16.2. The average molecular weight is 600 g/mol. The first kappa shape index (κ1) is 28.5. The van der Waals surface area contributed by atoms with Gasteiger partial charge in [0, 0.05) is 63.4 Å². The van der Waals surface area contributed by atoms with Gasteiger partial charge in [0.15, 0.2) is 6.61 Å². The molecule has 36 heavy (non-hydrogen) atoms. The van der Waals surface area contributed by atoms with Gasteiger partial charge in [0.2, 0.25) is 10.0 Å². The maximum atomic E-state index is 13.2. The summed E-state index contributed by atoms with van der Waals surface area (Å²) in [6, 6.07) is 2.74. The summed E-state index contributed by atoms with van der Waals surface area (Å²) in [6.45, 7) is 5.70. The van der Waals surface area contributed by atoms with Gasteiger partial charge in [-0.3, -0.25) is 4.79 Å². The Morgan fingerprint density at radius 1 is 0.944 bits per heavy atom. The topological polar surface area (TPSA) is 73.4 Å². The van der Waals surface area contributed by atoms with Crippen molar-refractivity contribution in [1.29, 1.82) is 0 Å². The molecule has 4 rings (SSSR count). The van der Waals surface area contributed by atoms with Crippen LogP contribution in [0, 0.1) is 0 Å². The van der Waals surface area contributed by atoms with E-state index in [0.717, 1.165) is 50.5 Å². The minimum absolute atomic E-state index is 0.112. The molecule has 0 aliphatic carbocycles. The molecule has 1 amide bonds. The number of thioether (sulfide) groups is 1. The van der Waals surface area contributed by atoms with Gasteiger partial charge in [-0.05, 0) is 32.0 Å². The number of halogens is 3. The van der Waals surface area contributed by atoms with Gasteiger partial charge in [-0.25, -0.2) is 8.42 Å². The van der Waals surface area contributed by atoms with Crippen LogP contribution in [-0.4, -0.2) is 122 Å². The molecule has 3 aliphatic heterocycles. The number of rotatable bonds is 9. The van der Waals surface area contributed by atoms with Gasteiger partial charge in [0.1, 0.15) is 5.75 Å². The van der Waals surface area contributed by atoms with E-state index in [1.807, 2.05) is 11.8 Å². The molecule has 3 aliphatic rings. The molecule has 3 saturated heterocycles. The Morgan fingerprint density at radius 3 is 2.36 bits per heavy atom. The second-order valence-electron chi connectivity index (χ2n) is 9.36. The van der Waals surface area contributed by atoms with Crippen molar-refractivity contribution in [3.05, 3.63) is 27.2 Å². The zero-order valence-electron chi connectivity index (χ0n) is 20.2. The fourth-order valence-electron chi connectivity index (χ4n) is 4.86. The number of sulfonamides is 1. The van der Waals surface area contributed by atoms with Crippen molar-refractivity contribution in [3.63, 3.8) is 0 Å². The summed E-state index contributed by atoms with van der Waals surface area (Å²) in [7, 11) is -3.42. The highest BCUT2D eigenvalue weighted by Crippen LogP contribution is 2.34. The first-order chi connectivity index (χ1) is 17.2. The van der Waals surface area contributed by atoms with E-state index < -0.39 is 10.0 Å². The Kier molecular flexibility index (Phi) is 10.4. The molecule has 8 nitrogen and oxygen atoms in total. The number of carbonyl (C=O) groups is 1. The molecule has 0 bridgehead atoms. The summed E-state index contributed by atoms with van der Waals surface area (Å²) < 4.78 is 33.7. The molecule has 13 heteroatoms. The maximum Gasteiger partial charge on any atom is 0.260 e. The molecule has 202 valence electrons. The molecule has 1 atom stereocenters. The highest BCUT2D eigenvalue weighted by molar-refractivity contribution is 7.99. The largest absolute Gasteiger partial charge is 0.482 e. The summed E-state index contributed by atoms with van der Waals surface area (Å²) >= 11 is 20.1. The third-order valence-corrected chi connectivity index (χ3v) is 10.7. The predicted molar refractivity (Wildman–Crippen MR) is 147 cm³/mol. The SMILES string of the molecule is O=C(COc1cc(Cl)c(Cl)cc1Cl)N1CCN(S(=O)(=O)CCN2CCSCC2)C[C@@H]1CN1CCCC1. The highest BCUT2D eigenvalue weighted by atomic mass is 35.5. The van der Waals surface area contributed by atoms with E-state index in [1.54, 1.807) is 9.21 Å². The highest BCUT2D eigenvalue weighted by Gasteiger charge is 2.37. The molecular weight excluding hydrogens is 567 g/mol. The smallest absolute Gasteiger partial charge is 0.260 e. The molecule has 0 aromatic heterocycles. The lowest BCUT2D eigenvalue weighted by Crippen LogP contribution is -2.60. The Hall–Kier alpha value is -0.460. The third kappa shape index (κ3) is 7.56. The average Bonchev–Trinajstić information content (AvgIpc) is 3.38. The quantitative estimate of drug-likeness (QED) is 0.404. The van der Waals surface area contributed by atoms with Gasteiger partial charge in [-0.15, -0.1) is 0 Å². The monoisotopic (exact) mass is 598 g/mol. The molecule has 0 unspecified atom stereocenters. The van der Waals surface area contributed by atoms with Crippen LogP contribution in [0.15, 0.2) is 12.1 Å². The van der Waals surface area contributed by atoms with Gasteiger partial charge in [0.05, 0.1) is 26.9 Å². The van der Waals surface area contributed by atoms with Gasteiger partial charge in [0.25, 0.3) is 5.91 Å². The van der Waals surface area contributed by atoms with Gasteiger partial charge in [-0.1, -0.05) is 34.8 Å². The van der Waals surface area contributed by atoms with Crippen LogP contribution in [0.2, 0.25) is 15.1 Å². The Balaban J connectivity index is 1.39. The molecule has 3 fully saturated rings.